The third-order valence-corrected chi connectivity index (χ3v) is 3.61. The van der Waals surface area contributed by atoms with Crippen molar-refractivity contribution in [2.24, 2.45) is 0 Å². The summed E-state index contributed by atoms with van der Waals surface area (Å²) in [7, 11) is 0. The van der Waals surface area contributed by atoms with Crippen molar-refractivity contribution in [3.05, 3.63) is 35.9 Å². The highest BCUT2D eigenvalue weighted by molar-refractivity contribution is 7.80. The Hall–Kier alpha value is -1.46. The minimum atomic E-state index is -0.193. The van der Waals surface area contributed by atoms with E-state index in [0.29, 0.717) is 24.9 Å². The average molecular weight is 292 g/mol. The quantitative estimate of drug-likeness (QED) is 0.614. The Morgan fingerprint density at radius 2 is 2.05 bits per heavy atom. The van der Waals surface area contributed by atoms with Crippen LogP contribution in [0, 0.1) is 0 Å². The molecule has 1 heterocycles. The van der Waals surface area contributed by atoms with Crippen molar-refractivity contribution in [3.63, 3.8) is 0 Å². The first kappa shape index (κ1) is 14.9. The molecule has 4 nitrogen and oxygen atoms in total. The van der Waals surface area contributed by atoms with E-state index in [4.69, 9.17) is 17.0 Å². The number of rotatable bonds is 7. The van der Waals surface area contributed by atoms with Gasteiger partial charge in [0.2, 0.25) is 0 Å². The van der Waals surface area contributed by atoms with E-state index in [1.807, 2.05) is 25.1 Å². The number of benzene rings is 1. The Labute approximate surface area is 125 Å². The summed E-state index contributed by atoms with van der Waals surface area (Å²) < 4.78 is 5.59. The summed E-state index contributed by atoms with van der Waals surface area (Å²) in [6, 6.07) is 10.1. The normalized spacial score (nSPS) is 18.4. The van der Waals surface area contributed by atoms with Gasteiger partial charge in [0.1, 0.15) is 6.04 Å². The number of carbonyl (C=O) groups excluding carboxylic acids is 1. The van der Waals surface area contributed by atoms with Crippen LogP contribution in [-0.4, -0.2) is 41.7 Å². The maximum atomic E-state index is 11.8. The molecule has 108 valence electrons. The van der Waals surface area contributed by atoms with Crippen LogP contribution >= 0.6 is 12.2 Å². The van der Waals surface area contributed by atoms with Gasteiger partial charge in [-0.3, -0.25) is 9.69 Å². The van der Waals surface area contributed by atoms with Gasteiger partial charge in [-0.25, -0.2) is 0 Å². The fraction of sp³-hybridized carbons (Fsp3) is 0.467. The zero-order valence-corrected chi connectivity index (χ0v) is 12.5. The molecule has 5 heteroatoms. The van der Waals surface area contributed by atoms with Gasteiger partial charge in [0.15, 0.2) is 5.11 Å². The number of thiocarbonyl (C=S) groups is 1. The molecule has 2 rings (SSSR count). The Balaban J connectivity index is 1.58. The van der Waals surface area contributed by atoms with Crippen LogP contribution in [0.4, 0.5) is 0 Å². The van der Waals surface area contributed by atoms with Gasteiger partial charge in [-0.1, -0.05) is 30.3 Å². The summed E-state index contributed by atoms with van der Waals surface area (Å²) in [5.74, 6) is 0.0549. The van der Waals surface area contributed by atoms with Crippen molar-refractivity contribution in [1.82, 2.24) is 10.2 Å². The van der Waals surface area contributed by atoms with Crippen LogP contribution in [0.15, 0.2) is 30.3 Å². The first-order valence-electron chi connectivity index (χ1n) is 6.92. The third-order valence-electron chi connectivity index (χ3n) is 3.27. The summed E-state index contributed by atoms with van der Waals surface area (Å²) >= 11 is 5.11. The van der Waals surface area contributed by atoms with Crippen molar-refractivity contribution >= 4 is 23.2 Å². The molecule has 1 N–H and O–H groups in total. The lowest BCUT2D eigenvalue weighted by Crippen LogP contribution is -2.32. The maximum absolute atomic E-state index is 11.8. The Bertz CT molecular complexity index is 464. The lowest BCUT2D eigenvalue weighted by molar-refractivity contribution is -0.126. The van der Waals surface area contributed by atoms with E-state index >= 15 is 0 Å². The van der Waals surface area contributed by atoms with E-state index in [9.17, 15) is 4.79 Å². The summed E-state index contributed by atoms with van der Waals surface area (Å²) in [5, 5.41) is 3.49. The second kappa shape index (κ2) is 7.36. The fourth-order valence-electron chi connectivity index (χ4n) is 2.13. The molecule has 0 unspecified atom stereocenters. The molecule has 1 aromatic rings. The minimum Gasteiger partial charge on any atom is -0.381 e. The molecule has 1 atom stereocenters. The van der Waals surface area contributed by atoms with E-state index in [0.717, 1.165) is 12.8 Å². The van der Waals surface area contributed by atoms with Crippen LogP contribution in [0.25, 0.3) is 0 Å². The lowest BCUT2D eigenvalue weighted by Gasteiger charge is -2.14. The van der Waals surface area contributed by atoms with Crippen LogP contribution in [0.5, 0.6) is 0 Å². The standard InChI is InChI=1S/C15H20N2O2S/c1-12-14(18)17(15(20)16-12)9-5-10-19-11-8-13-6-3-2-4-7-13/h2-4,6-7,12H,5,8-11H2,1H3,(H,16,20)/t12-/m0/s1. The molecule has 20 heavy (non-hydrogen) atoms. The van der Waals surface area contributed by atoms with Gasteiger partial charge in [-0.15, -0.1) is 0 Å². The van der Waals surface area contributed by atoms with Crippen molar-refractivity contribution in [2.75, 3.05) is 19.8 Å². The first-order valence-corrected chi connectivity index (χ1v) is 7.33. The first-order chi connectivity index (χ1) is 9.68. The maximum Gasteiger partial charge on any atom is 0.250 e. The zero-order chi connectivity index (χ0) is 14.4. The van der Waals surface area contributed by atoms with Gasteiger partial charge in [0, 0.05) is 13.2 Å². The van der Waals surface area contributed by atoms with E-state index < -0.39 is 0 Å². The SMILES string of the molecule is C[C@@H]1NC(=S)N(CCCOCCc2ccccc2)C1=O. The van der Waals surface area contributed by atoms with Crippen LogP contribution in [0.2, 0.25) is 0 Å². The highest BCUT2D eigenvalue weighted by atomic mass is 32.1. The van der Waals surface area contributed by atoms with Crippen LogP contribution < -0.4 is 5.32 Å². The molecule has 0 radical (unpaired) electrons. The fourth-order valence-corrected chi connectivity index (χ4v) is 2.49. The molecule has 1 fully saturated rings. The summed E-state index contributed by atoms with van der Waals surface area (Å²) in [4.78, 5) is 13.4. The van der Waals surface area contributed by atoms with Gasteiger partial charge in [0.25, 0.3) is 5.91 Å². The predicted molar refractivity (Wildman–Crippen MR) is 82.5 cm³/mol. The predicted octanol–water partition coefficient (Wildman–Crippen LogP) is 1.74. The number of nitrogens with one attached hydrogen (secondary N) is 1. The van der Waals surface area contributed by atoms with E-state index in [2.05, 4.69) is 17.4 Å². The van der Waals surface area contributed by atoms with Gasteiger partial charge >= 0.3 is 0 Å². The largest absolute Gasteiger partial charge is 0.381 e. The van der Waals surface area contributed by atoms with E-state index in [-0.39, 0.29) is 11.9 Å². The molecular formula is C15H20N2O2S. The Morgan fingerprint density at radius 1 is 1.30 bits per heavy atom. The van der Waals surface area contributed by atoms with Crippen LogP contribution in [0.3, 0.4) is 0 Å². The molecule has 0 aromatic heterocycles. The number of carbonyl (C=O) groups is 1. The summed E-state index contributed by atoms with van der Waals surface area (Å²) in [6.07, 6.45) is 1.72. The zero-order valence-electron chi connectivity index (χ0n) is 11.7. The molecule has 0 saturated carbocycles. The lowest BCUT2D eigenvalue weighted by atomic mass is 10.2. The molecule has 1 saturated heterocycles. The summed E-state index contributed by atoms with van der Waals surface area (Å²) in [6.45, 7) is 3.80. The number of amides is 1. The van der Waals surface area contributed by atoms with Gasteiger partial charge < -0.3 is 10.1 Å². The van der Waals surface area contributed by atoms with Gasteiger partial charge in [-0.05, 0) is 37.5 Å². The average Bonchev–Trinajstić information content (AvgIpc) is 2.69. The number of hydrogen-bond acceptors (Lipinski definition) is 3. The third kappa shape index (κ3) is 4.02. The van der Waals surface area contributed by atoms with Crippen LogP contribution in [0.1, 0.15) is 18.9 Å². The van der Waals surface area contributed by atoms with E-state index in [1.165, 1.54) is 5.56 Å². The molecular weight excluding hydrogens is 272 g/mol. The molecule has 1 aliphatic rings. The smallest absolute Gasteiger partial charge is 0.250 e. The van der Waals surface area contributed by atoms with Crippen molar-refractivity contribution < 1.29 is 9.53 Å². The van der Waals surface area contributed by atoms with Gasteiger partial charge in [0.05, 0.1) is 6.61 Å². The highest BCUT2D eigenvalue weighted by Gasteiger charge is 2.31. The molecule has 0 bridgehead atoms. The molecule has 1 aromatic carbocycles. The molecule has 0 aliphatic carbocycles. The molecule has 1 amide bonds. The highest BCUT2D eigenvalue weighted by Crippen LogP contribution is 2.07. The number of hydrogen-bond donors (Lipinski definition) is 1. The van der Waals surface area contributed by atoms with Crippen LogP contribution in [-0.2, 0) is 16.0 Å². The van der Waals surface area contributed by atoms with Crippen molar-refractivity contribution in [2.45, 2.75) is 25.8 Å². The summed E-state index contributed by atoms with van der Waals surface area (Å²) in [5.41, 5.74) is 1.28. The monoisotopic (exact) mass is 292 g/mol. The van der Waals surface area contributed by atoms with E-state index in [1.54, 1.807) is 4.90 Å². The number of ether oxygens (including phenoxy) is 1. The Morgan fingerprint density at radius 3 is 2.70 bits per heavy atom. The molecule has 1 aliphatic heterocycles. The Kier molecular flexibility index (Phi) is 5.49. The van der Waals surface area contributed by atoms with Crippen molar-refractivity contribution in [3.8, 4) is 0 Å². The minimum absolute atomic E-state index is 0.0549. The van der Waals surface area contributed by atoms with Crippen molar-refractivity contribution in [1.29, 1.82) is 0 Å². The topological polar surface area (TPSA) is 41.6 Å². The number of nitrogens with zero attached hydrogens (tertiary/aromatic N) is 1. The molecule has 0 spiro atoms. The second-order valence-corrected chi connectivity index (χ2v) is 5.25. The van der Waals surface area contributed by atoms with Gasteiger partial charge in [-0.2, -0.15) is 0 Å². The second-order valence-electron chi connectivity index (χ2n) is 4.86.